The molecule has 0 radical (unpaired) electrons. The molecule has 8 nitrogen and oxygen atoms in total. The Kier molecular flexibility index (Phi) is 4.68. The highest BCUT2D eigenvalue weighted by Crippen LogP contribution is 2.38. The van der Waals surface area contributed by atoms with Crippen LogP contribution in [0, 0.1) is 13.8 Å². The van der Waals surface area contributed by atoms with Crippen LogP contribution < -0.4 is 10.9 Å². The maximum absolute atomic E-state index is 13.7. The number of aryl methyl sites for hydroxylation is 3. The molecule has 0 bridgehead atoms. The summed E-state index contributed by atoms with van der Waals surface area (Å²) in [6.45, 7) is 3.17. The summed E-state index contributed by atoms with van der Waals surface area (Å²) >= 11 is 0. The number of carbonyl (C=O) groups excluding carboxylic acids is 1. The van der Waals surface area contributed by atoms with Crippen molar-refractivity contribution in [3.63, 3.8) is 0 Å². The van der Waals surface area contributed by atoms with Crippen molar-refractivity contribution in [3.8, 4) is 11.1 Å². The zero-order valence-electron chi connectivity index (χ0n) is 16.7. The van der Waals surface area contributed by atoms with Crippen molar-refractivity contribution >= 4 is 17.4 Å². The van der Waals surface area contributed by atoms with Crippen molar-refractivity contribution in [3.05, 3.63) is 69.4 Å². The van der Waals surface area contributed by atoms with E-state index in [4.69, 9.17) is 0 Å². The summed E-state index contributed by atoms with van der Waals surface area (Å²) in [5.74, 6) is -0.447. The third-order valence-corrected chi connectivity index (χ3v) is 4.77. The predicted octanol–water partition coefficient (Wildman–Crippen LogP) is 3.31. The maximum Gasteiger partial charge on any atom is 0.435 e. The maximum atomic E-state index is 13.7. The van der Waals surface area contributed by atoms with Crippen molar-refractivity contribution in [2.45, 2.75) is 20.0 Å². The summed E-state index contributed by atoms with van der Waals surface area (Å²) in [5, 5.41) is 10.2. The number of aromatic nitrogens is 5. The van der Waals surface area contributed by atoms with Crippen LogP contribution in [0.3, 0.4) is 0 Å². The van der Waals surface area contributed by atoms with E-state index in [9.17, 15) is 22.8 Å². The Morgan fingerprint density at radius 3 is 2.39 bits per heavy atom. The van der Waals surface area contributed by atoms with Gasteiger partial charge in [0.25, 0.3) is 11.5 Å². The lowest BCUT2D eigenvalue weighted by Crippen LogP contribution is -2.29. The van der Waals surface area contributed by atoms with E-state index >= 15 is 0 Å². The van der Waals surface area contributed by atoms with Gasteiger partial charge in [0.1, 0.15) is 17.0 Å². The van der Waals surface area contributed by atoms with Gasteiger partial charge >= 0.3 is 6.18 Å². The molecule has 1 amide bonds. The fourth-order valence-corrected chi connectivity index (χ4v) is 3.44. The molecule has 0 aliphatic heterocycles. The number of aromatic amines is 1. The fraction of sp³-hybridized carbons (Fsp3) is 0.200. The number of hydrogen-bond donors (Lipinski definition) is 2. The number of hydrogen-bond acceptors (Lipinski definition) is 4. The van der Waals surface area contributed by atoms with E-state index in [1.807, 2.05) is 0 Å². The highest BCUT2D eigenvalue weighted by atomic mass is 19.4. The Balaban J connectivity index is 1.92. The van der Waals surface area contributed by atoms with Crippen molar-refractivity contribution in [2.24, 2.45) is 7.05 Å². The van der Waals surface area contributed by atoms with E-state index in [1.54, 1.807) is 38.2 Å². The lowest BCUT2D eigenvalue weighted by molar-refractivity contribution is -0.140. The average Bonchev–Trinajstić information content (AvgIpc) is 3.22. The van der Waals surface area contributed by atoms with Crippen LogP contribution in [0.1, 0.15) is 27.4 Å². The molecule has 0 aliphatic rings. The van der Waals surface area contributed by atoms with Gasteiger partial charge in [-0.1, -0.05) is 30.3 Å². The number of carbonyl (C=O) groups is 1. The van der Waals surface area contributed by atoms with Gasteiger partial charge in [0.2, 0.25) is 0 Å². The summed E-state index contributed by atoms with van der Waals surface area (Å²) in [5.41, 5.74) is -1.93. The largest absolute Gasteiger partial charge is 0.435 e. The number of anilines is 1. The van der Waals surface area contributed by atoms with Crippen LogP contribution in [0.5, 0.6) is 0 Å². The molecule has 4 aromatic rings. The summed E-state index contributed by atoms with van der Waals surface area (Å²) in [7, 11) is 1.61. The molecule has 0 spiro atoms. The first kappa shape index (κ1) is 20.4. The Morgan fingerprint density at radius 2 is 1.81 bits per heavy atom. The molecule has 11 heteroatoms. The van der Waals surface area contributed by atoms with Crippen LogP contribution in [-0.2, 0) is 13.2 Å². The number of rotatable bonds is 3. The molecule has 0 fully saturated rings. The molecule has 0 aliphatic carbocycles. The minimum Gasteiger partial charge on any atom is -0.342 e. The molecule has 0 saturated heterocycles. The normalized spacial score (nSPS) is 11.8. The molecule has 3 heterocycles. The van der Waals surface area contributed by atoms with Gasteiger partial charge in [-0.05, 0) is 19.4 Å². The first-order valence-corrected chi connectivity index (χ1v) is 9.18. The lowest BCUT2D eigenvalue weighted by Gasteiger charge is -2.09. The van der Waals surface area contributed by atoms with Crippen LogP contribution in [-0.4, -0.2) is 30.3 Å². The monoisotopic (exact) mass is 430 g/mol. The van der Waals surface area contributed by atoms with Gasteiger partial charge in [-0.15, -0.1) is 0 Å². The highest BCUT2D eigenvalue weighted by molar-refractivity contribution is 6.04. The number of alkyl halides is 3. The average molecular weight is 430 g/mol. The number of H-pyrrole nitrogens is 1. The third-order valence-electron chi connectivity index (χ3n) is 4.77. The second kappa shape index (κ2) is 7.11. The van der Waals surface area contributed by atoms with E-state index in [2.05, 4.69) is 20.5 Å². The van der Waals surface area contributed by atoms with Gasteiger partial charge in [0, 0.05) is 18.8 Å². The molecule has 160 valence electrons. The Labute approximate surface area is 173 Å². The smallest absolute Gasteiger partial charge is 0.342 e. The van der Waals surface area contributed by atoms with Crippen molar-refractivity contribution in [1.82, 2.24) is 24.4 Å². The number of nitrogens with one attached hydrogen (secondary N) is 2. The molecule has 1 aromatic carbocycles. The SMILES string of the molecule is Cc1cc(NC(=O)c2c(C)[nH]c3c(-c4ccccc4)c(C(F)(F)F)nn3c2=O)n(C)n1. The standard InChI is InChI=1S/C20H17F3N6O2/c1-10-9-13(28(3)26-10)25-18(30)14-11(2)24-17-15(12-7-5-4-6-8-12)16(20(21,22)23)27-29(17)19(14)31/h4-9,24H,1-3H3,(H,25,30). The zero-order chi connectivity index (χ0) is 22.5. The van der Waals surface area contributed by atoms with Gasteiger partial charge in [-0.3, -0.25) is 14.3 Å². The molecule has 2 N–H and O–H groups in total. The summed E-state index contributed by atoms with van der Waals surface area (Å²) in [6, 6.07) is 9.42. The van der Waals surface area contributed by atoms with Gasteiger partial charge in [0.15, 0.2) is 5.69 Å². The van der Waals surface area contributed by atoms with Crippen LogP contribution in [0.25, 0.3) is 16.8 Å². The highest BCUT2D eigenvalue weighted by Gasteiger charge is 2.39. The Hall–Kier alpha value is -3.89. The van der Waals surface area contributed by atoms with Crippen molar-refractivity contribution < 1.29 is 18.0 Å². The summed E-state index contributed by atoms with van der Waals surface area (Å²) < 4.78 is 43.2. The number of benzene rings is 1. The Morgan fingerprint density at radius 1 is 1.13 bits per heavy atom. The third kappa shape index (κ3) is 3.47. The number of amides is 1. The van der Waals surface area contributed by atoms with E-state index in [0.717, 1.165) is 0 Å². The topological polar surface area (TPSA) is 97.1 Å². The number of halogens is 3. The van der Waals surface area contributed by atoms with E-state index in [1.165, 1.54) is 23.7 Å². The van der Waals surface area contributed by atoms with Gasteiger partial charge in [-0.25, -0.2) is 0 Å². The molecule has 0 unspecified atom stereocenters. The predicted molar refractivity (Wildman–Crippen MR) is 107 cm³/mol. The molecule has 4 rings (SSSR count). The first-order chi connectivity index (χ1) is 14.6. The van der Waals surface area contributed by atoms with E-state index in [0.29, 0.717) is 16.0 Å². The zero-order valence-corrected chi connectivity index (χ0v) is 16.7. The van der Waals surface area contributed by atoms with Crippen LogP contribution in [0.4, 0.5) is 19.0 Å². The number of fused-ring (bicyclic) bond motifs is 1. The van der Waals surface area contributed by atoms with E-state index in [-0.39, 0.29) is 28.0 Å². The van der Waals surface area contributed by atoms with Gasteiger partial charge in [0.05, 0.1) is 11.3 Å². The Bertz CT molecular complexity index is 1370. The van der Waals surface area contributed by atoms with Crippen molar-refractivity contribution in [1.29, 1.82) is 0 Å². The van der Waals surface area contributed by atoms with Crippen LogP contribution in [0.2, 0.25) is 0 Å². The van der Waals surface area contributed by atoms with Crippen LogP contribution in [0.15, 0.2) is 41.2 Å². The minimum absolute atomic E-state index is 0.111. The van der Waals surface area contributed by atoms with Crippen molar-refractivity contribution in [2.75, 3.05) is 5.32 Å². The lowest BCUT2D eigenvalue weighted by atomic mass is 10.1. The molecule has 0 atom stereocenters. The second-order valence-corrected chi connectivity index (χ2v) is 7.03. The quantitative estimate of drug-likeness (QED) is 0.521. The molecule has 31 heavy (non-hydrogen) atoms. The molecular formula is C20H17F3N6O2. The summed E-state index contributed by atoms with van der Waals surface area (Å²) in [6.07, 6.45) is -4.81. The van der Waals surface area contributed by atoms with E-state index < -0.39 is 23.3 Å². The van der Waals surface area contributed by atoms with Gasteiger partial charge < -0.3 is 10.3 Å². The molecule has 3 aromatic heterocycles. The molecular weight excluding hydrogens is 413 g/mol. The van der Waals surface area contributed by atoms with Gasteiger partial charge in [-0.2, -0.15) is 27.9 Å². The molecule has 0 saturated carbocycles. The second-order valence-electron chi connectivity index (χ2n) is 7.03. The summed E-state index contributed by atoms with van der Waals surface area (Å²) in [4.78, 5) is 28.6. The first-order valence-electron chi connectivity index (χ1n) is 9.18. The fourth-order valence-electron chi connectivity index (χ4n) is 3.44. The van der Waals surface area contributed by atoms with Crippen LogP contribution >= 0.6 is 0 Å². The minimum atomic E-state index is -4.81. The number of nitrogens with zero attached hydrogens (tertiary/aromatic N) is 4.